The molecule has 1 saturated heterocycles. The minimum Gasteiger partial charge on any atom is -0.379 e. The van der Waals surface area contributed by atoms with E-state index in [4.69, 9.17) is 4.74 Å². The van der Waals surface area contributed by atoms with Crippen molar-refractivity contribution in [1.29, 1.82) is 0 Å². The molecule has 0 bridgehead atoms. The van der Waals surface area contributed by atoms with Crippen LogP contribution in [0.2, 0.25) is 0 Å². The Morgan fingerprint density at radius 2 is 2.00 bits per heavy atom. The summed E-state index contributed by atoms with van der Waals surface area (Å²) in [4.78, 5) is 27.7. The molecule has 7 heteroatoms. The van der Waals surface area contributed by atoms with Gasteiger partial charge in [0.1, 0.15) is 0 Å². The fourth-order valence-corrected chi connectivity index (χ4v) is 2.74. The predicted molar refractivity (Wildman–Crippen MR) is 92.3 cm³/mol. The third-order valence-corrected chi connectivity index (χ3v) is 4.41. The van der Waals surface area contributed by atoms with E-state index < -0.39 is 0 Å². The van der Waals surface area contributed by atoms with Crippen molar-refractivity contribution >= 4 is 33.4 Å². The summed E-state index contributed by atoms with van der Waals surface area (Å²) in [7, 11) is 0. The summed E-state index contributed by atoms with van der Waals surface area (Å²) in [6, 6.07) is 7.40. The van der Waals surface area contributed by atoms with Crippen LogP contribution >= 0.6 is 15.9 Å². The number of amides is 2. The Hall–Kier alpha value is -1.44. The van der Waals surface area contributed by atoms with Gasteiger partial charge in [-0.3, -0.25) is 14.5 Å². The maximum absolute atomic E-state index is 12.2. The van der Waals surface area contributed by atoms with Crippen molar-refractivity contribution in [3.63, 3.8) is 0 Å². The van der Waals surface area contributed by atoms with Crippen molar-refractivity contribution in [3.8, 4) is 0 Å². The SMILES string of the molecule is CC(=O)N(CCN1CCOCC1)CC(=O)Nc1ccccc1Br. The quantitative estimate of drug-likeness (QED) is 0.809. The fourth-order valence-electron chi connectivity index (χ4n) is 2.36. The van der Waals surface area contributed by atoms with Crippen LogP contribution in [0.1, 0.15) is 6.92 Å². The van der Waals surface area contributed by atoms with Gasteiger partial charge in [0.2, 0.25) is 11.8 Å². The first kappa shape index (κ1) is 17.9. The lowest BCUT2D eigenvalue weighted by Gasteiger charge is -2.29. The number of hydrogen-bond donors (Lipinski definition) is 1. The average Bonchev–Trinajstić information content (AvgIpc) is 2.54. The number of nitrogens with one attached hydrogen (secondary N) is 1. The normalized spacial score (nSPS) is 15.2. The maximum Gasteiger partial charge on any atom is 0.244 e. The molecule has 0 aliphatic carbocycles. The number of para-hydroxylation sites is 1. The molecular formula is C16H22BrN3O3. The summed E-state index contributed by atoms with van der Waals surface area (Å²) in [5.74, 6) is -0.297. The van der Waals surface area contributed by atoms with E-state index in [0.29, 0.717) is 12.2 Å². The molecule has 0 unspecified atom stereocenters. The molecule has 23 heavy (non-hydrogen) atoms. The Morgan fingerprint density at radius 3 is 2.65 bits per heavy atom. The minimum absolute atomic E-state index is 0.0566. The molecule has 0 aromatic heterocycles. The standard InChI is InChI=1S/C16H22BrN3O3/c1-13(21)20(7-6-19-8-10-23-11-9-19)12-16(22)18-15-5-3-2-4-14(15)17/h2-5H,6-12H2,1H3,(H,18,22). The van der Waals surface area contributed by atoms with Gasteiger partial charge >= 0.3 is 0 Å². The number of rotatable bonds is 6. The molecule has 2 amide bonds. The highest BCUT2D eigenvalue weighted by atomic mass is 79.9. The Kier molecular flexibility index (Phi) is 7.01. The van der Waals surface area contributed by atoms with Crippen molar-refractivity contribution < 1.29 is 14.3 Å². The summed E-state index contributed by atoms with van der Waals surface area (Å²) in [6.07, 6.45) is 0. The van der Waals surface area contributed by atoms with Crippen LogP contribution in [0.3, 0.4) is 0 Å². The summed E-state index contributed by atoms with van der Waals surface area (Å²) >= 11 is 3.39. The molecule has 1 aliphatic rings. The molecule has 1 aromatic rings. The Labute approximate surface area is 144 Å². The van der Waals surface area contributed by atoms with E-state index in [1.165, 1.54) is 6.92 Å². The molecule has 0 atom stereocenters. The van der Waals surface area contributed by atoms with Gasteiger partial charge in [-0.25, -0.2) is 0 Å². The zero-order chi connectivity index (χ0) is 16.7. The van der Waals surface area contributed by atoms with Crippen LogP contribution in [-0.4, -0.2) is 67.6 Å². The largest absolute Gasteiger partial charge is 0.379 e. The van der Waals surface area contributed by atoms with Gasteiger partial charge < -0.3 is 15.0 Å². The summed E-state index contributed by atoms with van der Waals surface area (Å²) in [5, 5.41) is 2.82. The summed E-state index contributed by atoms with van der Waals surface area (Å²) in [6.45, 7) is 6.03. The second-order valence-corrected chi connectivity index (χ2v) is 6.28. The van der Waals surface area contributed by atoms with Crippen LogP contribution in [0.25, 0.3) is 0 Å². The number of hydrogen-bond acceptors (Lipinski definition) is 4. The van der Waals surface area contributed by atoms with Crippen LogP contribution in [-0.2, 0) is 14.3 Å². The van der Waals surface area contributed by atoms with E-state index in [1.54, 1.807) is 4.90 Å². The molecule has 2 rings (SSSR count). The first-order valence-corrected chi connectivity index (χ1v) is 8.45. The lowest BCUT2D eigenvalue weighted by atomic mass is 10.3. The van der Waals surface area contributed by atoms with E-state index in [0.717, 1.165) is 37.3 Å². The van der Waals surface area contributed by atoms with Gasteiger partial charge in [-0.15, -0.1) is 0 Å². The number of morpholine rings is 1. The zero-order valence-electron chi connectivity index (χ0n) is 13.3. The van der Waals surface area contributed by atoms with Gasteiger partial charge in [0.25, 0.3) is 0 Å². The zero-order valence-corrected chi connectivity index (χ0v) is 14.8. The topological polar surface area (TPSA) is 61.9 Å². The van der Waals surface area contributed by atoms with Crippen molar-refractivity contribution in [3.05, 3.63) is 28.7 Å². The Bertz CT molecular complexity index is 547. The lowest BCUT2D eigenvalue weighted by Crippen LogP contribution is -2.44. The monoisotopic (exact) mass is 383 g/mol. The number of nitrogens with zero attached hydrogens (tertiary/aromatic N) is 2. The van der Waals surface area contributed by atoms with Crippen LogP contribution in [0, 0.1) is 0 Å². The van der Waals surface area contributed by atoms with Crippen molar-refractivity contribution in [2.75, 3.05) is 51.3 Å². The van der Waals surface area contributed by atoms with E-state index in [-0.39, 0.29) is 18.4 Å². The van der Waals surface area contributed by atoms with Gasteiger partial charge in [0.15, 0.2) is 0 Å². The number of halogens is 1. The van der Waals surface area contributed by atoms with Crippen molar-refractivity contribution in [2.45, 2.75) is 6.92 Å². The van der Waals surface area contributed by atoms with Crippen LogP contribution in [0.5, 0.6) is 0 Å². The second-order valence-electron chi connectivity index (χ2n) is 5.42. The number of ether oxygens (including phenoxy) is 1. The van der Waals surface area contributed by atoms with Gasteiger partial charge in [-0.1, -0.05) is 12.1 Å². The number of benzene rings is 1. The number of carbonyl (C=O) groups excluding carboxylic acids is 2. The minimum atomic E-state index is -0.200. The first-order valence-electron chi connectivity index (χ1n) is 7.66. The van der Waals surface area contributed by atoms with Crippen molar-refractivity contribution in [1.82, 2.24) is 9.80 Å². The van der Waals surface area contributed by atoms with E-state index in [1.807, 2.05) is 24.3 Å². The summed E-state index contributed by atoms with van der Waals surface area (Å²) in [5.41, 5.74) is 0.703. The summed E-state index contributed by atoms with van der Waals surface area (Å²) < 4.78 is 6.12. The van der Waals surface area contributed by atoms with Crippen LogP contribution < -0.4 is 5.32 Å². The van der Waals surface area contributed by atoms with E-state index in [2.05, 4.69) is 26.1 Å². The molecule has 1 fully saturated rings. The molecule has 1 aromatic carbocycles. The fraction of sp³-hybridized carbons (Fsp3) is 0.500. The molecular weight excluding hydrogens is 362 g/mol. The molecule has 126 valence electrons. The molecule has 0 saturated carbocycles. The van der Waals surface area contributed by atoms with Crippen molar-refractivity contribution in [2.24, 2.45) is 0 Å². The molecule has 1 aliphatic heterocycles. The molecule has 0 spiro atoms. The lowest BCUT2D eigenvalue weighted by molar-refractivity contribution is -0.133. The predicted octanol–water partition coefficient (Wildman–Crippen LogP) is 1.57. The first-order chi connectivity index (χ1) is 11.1. The average molecular weight is 384 g/mol. The van der Waals surface area contributed by atoms with Crippen LogP contribution in [0.15, 0.2) is 28.7 Å². The van der Waals surface area contributed by atoms with Gasteiger partial charge in [-0.05, 0) is 28.1 Å². The third kappa shape index (κ3) is 5.93. The second kappa shape index (κ2) is 9.00. The van der Waals surface area contributed by atoms with Gasteiger partial charge in [-0.2, -0.15) is 0 Å². The molecule has 6 nitrogen and oxygen atoms in total. The maximum atomic E-state index is 12.2. The van der Waals surface area contributed by atoms with Gasteiger partial charge in [0.05, 0.1) is 25.4 Å². The molecule has 1 heterocycles. The third-order valence-electron chi connectivity index (χ3n) is 3.72. The molecule has 0 radical (unpaired) electrons. The van der Waals surface area contributed by atoms with E-state index in [9.17, 15) is 9.59 Å². The van der Waals surface area contributed by atoms with Gasteiger partial charge in [0, 0.05) is 37.6 Å². The molecule has 1 N–H and O–H groups in total. The van der Waals surface area contributed by atoms with Crippen LogP contribution in [0.4, 0.5) is 5.69 Å². The number of anilines is 1. The smallest absolute Gasteiger partial charge is 0.244 e. The highest BCUT2D eigenvalue weighted by Crippen LogP contribution is 2.20. The highest BCUT2D eigenvalue weighted by molar-refractivity contribution is 9.10. The number of carbonyl (C=O) groups is 2. The van der Waals surface area contributed by atoms with E-state index >= 15 is 0 Å². The Balaban J connectivity index is 1.84. The highest BCUT2D eigenvalue weighted by Gasteiger charge is 2.17. The Morgan fingerprint density at radius 1 is 1.30 bits per heavy atom.